The van der Waals surface area contributed by atoms with Crippen molar-refractivity contribution in [3.05, 3.63) is 23.9 Å². The number of nitrogens with one attached hydrogen (secondary N) is 1. The molecule has 0 radical (unpaired) electrons. The first kappa shape index (κ1) is 18.6. The van der Waals surface area contributed by atoms with Gasteiger partial charge in [0.25, 0.3) is 0 Å². The number of fused-ring (bicyclic) bond motifs is 4. The molecule has 1 atom stereocenters. The van der Waals surface area contributed by atoms with E-state index >= 15 is 0 Å². The predicted octanol–water partition coefficient (Wildman–Crippen LogP) is 2.14. The molecule has 8 nitrogen and oxygen atoms in total. The second-order valence-electron chi connectivity index (χ2n) is 7.10. The molecule has 1 aromatic heterocycles. The van der Waals surface area contributed by atoms with Crippen LogP contribution in [0.2, 0.25) is 0 Å². The molecule has 1 amide bonds. The molecule has 3 fully saturated rings. The maximum absolute atomic E-state index is 12.5. The summed E-state index contributed by atoms with van der Waals surface area (Å²) in [6, 6.07) is 4.08. The maximum atomic E-state index is 12.5. The minimum absolute atomic E-state index is 0.0469. The van der Waals surface area contributed by atoms with Gasteiger partial charge in [0.2, 0.25) is 0 Å². The zero-order valence-corrected chi connectivity index (χ0v) is 15.2. The fourth-order valence-corrected chi connectivity index (χ4v) is 4.01. The smallest absolute Gasteiger partial charge is 0.415 e. The normalized spacial score (nSPS) is 23.8. The summed E-state index contributed by atoms with van der Waals surface area (Å²) in [6.07, 6.45) is 1.19. The van der Waals surface area contributed by atoms with E-state index in [9.17, 15) is 18.4 Å². The van der Waals surface area contributed by atoms with Gasteiger partial charge in [-0.05, 0) is 50.0 Å². The number of aromatic nitrogens is 2. The molecule has 3 aliphatic heterocycles. The van der Waals surface area contributed by atoms with E-state index in [4.69, 9.17) is 4.74 Å². The van der Waals surface area contributed by atoms with Crippen LogP contribution in [-0.2, 0) is 11.8 Å². The molecule has 150 valence electrons. The maximum Gasteiger partial charge on any atom is 0.415 e. The van der Waals surface area contributed by atoms with Crippen molar-refractivity contribution < 1.29 is 27.8 Å². The first-order valence-corrected chi connectivity index (χ1v) is 9.07. The van der Waals surface area contributed by atoms with Crippen LogP contribution in [0, 0.1) is 5.92 Å². The van der Waals surface area contributed by atoms with Crippen LogP contribution in [0.5, 0.6) is 5.75 Å². The largest absolute Gasteiger partial charge is 0.435 e. The SMILES string of the molecule is Cn1nc(C(=O)OC(=O)N[C@H]2CN3CCC2CC3)c2cc(OC(F)F)ccc21. The van der Waals surface area contributed by atoms with Crippen LogP contribution < -0.4 is 10.1 Å². The Morgan fingerprint density at radius 2 is 2.04 bits per heavy atom. The van der Waals surface area contributed by atoms with Crippen molar-refractivity contribution in [1.82, 2.24) is 20.0 Å². The van der Waals surface area contributed by atoms with Gasteiger partial charge in [-0.15, -0.1) is 0 Å². The van der Waals surface area contributed by atoms with Crippen molar-refractivity contribution >= 4 is 23.0 Å². The molecule has 0 aliphatic carbocycles. The second-order valence-corrected chi connectivity index (χ2v) is 7.10. The highest BCUT2D eigenvalue weighted by molar-refractivity contribution is 6.05. The monoisotopic (exact) mass is 394 g/mol. The Bertz CT molecular complexity index is 908. The molecule has 5 rings (SSSR count). The number of aryl methyl sites for hydroxylation is 1. The number of amides is 1. The Labute approximate surface area is 159 Å². The first-order chi connectivity index (χ1) is 13.4. The number of nitrogens with zero attached hydrogens (tertiary/aromatic N) is 3. The Hall–Kier alpha value is -2.75. The topological polar surface area (TPSA) is 85.7 Å². The van der Waals surface area contributed by atoms with Gasteiger partial charge < -0.3 is 19.7 Å². The third-order valence-electron chi connectivity index (χ3n) is 5.39. The van der Waals surface area contributed by atoms with Crippen molar-refractivity contribution in [2.24, 2.45) is 13.0 Å². The Morgan fingerprint density at radius 1 is 1.29 bits per heavy atom. The van der Waals surface area contributed by atoms with Crippen LogP contribution in [-0.4, -0.2) is 59.0 Å². The molecular formula is C18H20F2N4O4. The molecule has 10 heteroatoms. The molecule has 3 aliphatic rings. The number of benzene rings is 1. The summed E-state index contributed by atoms with van der Waals surface area (Å²) in [4.78, 5) is 26.9. The first-order valence-electron chi connectivity index (χ1n) is 9.07. The lowest BCUT2D eigenvalue weighted by Gasteiger charge is -2.44. The standard InChI is InChI=1S/C18H20F2N4O4/c1-23-14-3-2-11(27-17(19)20)8-12(14)15(22-23)16(25)28-18(26)21-13-9-24-6-4-10(13)5-7-24/h2-3,8,10,13,17H,4-7,9H2,1H3,(H,21,26)/t13-/m0/s1. The van der Waals surface area contributed by atoms with E-state index < -0.39 is 18.7 Å². The zero-order chi connectivity index (χ0) is 19.8. The van der Waals surface area contributed by atoms with E-state index in [0.29, 0.717) is 11.4 Å². The summed E-state index contributed by atoms with van der Waals surface area (Å²) in [5, 5.41) is 7.09. The molecule has 0 spiro atoms. The Morgan fingerprint density at radius 3 is 2.68 bits per heavy atom. The fraction of sp³-hybridized carbons (Fsp3) is 0.500. The van der Waals surface area contributed by atoms with E-state index in [2.05, 4.69) is 20.1 Å². The summed E-state index contributed by atoms with van der Waals surface area (Å²) in [5.74, 6) is -0.669. The van der Waals surface area contributed by atoms with Gasteiger partial charge in [0.15, 0.2) is 5.69 Å². The highest BCUT2D eigenvalue weighted by atomic mass is 19.3. The van der Waals surface area contributed by atoms with E-state index in [1.54, 1.807) is 7.05 Å². The van der Waals surface area contributed by atoms with E-state index in [-0.39, 0.29) is 22.9 Å². The van der Waals surface area contributed by atoms with Crippen LogP contribution in [0.1, 0.15) is 23.3 Å². The highest BCUT2D eigenvalue weighted by Crippen LogP contribution is 2.28. The van der Waals surface area contributed by atoms with E-state index in [1.165, 1.54) is 22.9 Å². The number of rotatable bonds is 4. The third-order valence-corrected chi connectivity index (χ3v) is 5.39. The molecular weight excluding hydrogens is 374 g/mol. The van der Waals surface area contributed by atoms with Crippen LogP contribution >= 0.6 is 0 Å². The molecule has 0 unspecified atom stereocenters. The number of alkyl halides is 2. The van der Waals surface area contributed by atoms with Crippen molar-refractivity contribution in [2.45, 2.75) is 25.5 Å². The summed E-state index contributed by atoms with van der Waals surface area (Å²) in [7, 11) is 1.60. The summed E-state index contributed by atoms with van der Waals surface area (Å²) >= 11 is 0. The number of ether oxygens (including phenoxy) is 2. The molecule has 28 heavy (non-hydrogen) atoms. The number of halogens is 2. The average Bonchev–Trinajstić information content (AvgIpc) is 2.98. The van der Waals surface area contributed by atoms with E-state index in [1.807, 2.05) is 0 Å². The third kappa shape index (κ3) is 3.64. The minimum Gasteiger partial charge on any atom is -0.435 e. The van der Waals surface area contributed by atoms with E-state index in [0.717, 1.165) is 32.5 Å². The average molecular weight is 394 g/mol. The Kier molecular flexibility index (Phi) is 4.88. The fourth-order valence-electron chi connectivity index (χ4n) is 4.01. The molecule has 2 bridgehead atoms. The van der Waals surface area contributed by atoms with Gasteiger partial charge >= 0.3 is 18.7 Å². The quantitative estimate of drug-likeness (QED) is 0.632. The molecule has 2 aromatic rings. The summed E-state index contributed by atoms with van der Waals surface area (Å²) in [6.45, 7) is -0.189. The number of alkyl carbamates (subject to hydrolysis) is 1. The number of carbonyl (C=O) groups is 2. The molecule has 3 saturated heterocycles. The molecule has 4 heterocycles. The number of carbonyl (C=O) groups excluding carboxylic acids is 2. The number of hydrogen-bond donors (Lipinski definition) is 1. The zero-order valence-electron chi connectivity index (χ0n) is 15.2. The summed E-state index contributed by atoms with van der Waals surface area (Å²) in [5.41, 5.74) is 0.382. The minimum atomic E-state index is -2.99. The van der Waals surface area contributed by atoms with Gasteiger partial charge in [0.05, 0.1) is 5.52 Å². The molecule has 1 aromatic carbocycles. The van der Waals surface area contributed by atoms with Gasteiger partial charge in [0.1, 0.15) is 5.75 Å². The lowest BCUT2D eigenvalue weighted by molar-refractivity contribution is -0.0497. The van der Waals surface area contributed by atoms with Crippen LogP contribution in [0.3, 0.4) is 0 Å². The summed E-state index contributed by atoms with van der Waals surface area (Å²) < 4.78 is 35.6. The van der Waals surface area contributed by atoms with Crippen LogP contribution in [0.15, 0.2) is 18.2 Å². The number of esters is 1. The van der Waals surface area contributed by atoms with Crippen molar-refractivity contribution in [1.29, 1.82) is 0 Å². The highest BCUT2D eigenvalue weighted by Gasteiger charge is 2.35. The number of piperidine rings is 3. The van der Waals surface area contributed by atoms with Gasteiger partial charge in [0, 0.05) is 25.0 Å². The van der Waals surface area contributed by atoms with Crippen molar-refractivity contribution in [2.75, 3.05) is 19.6 Å². The molecule has 1 N–H and O–H groups in total. The molecule has 0 saturated carbocycles. The predicted molar refractivity (Wildman–Crippen MR) is 94.2 cm³/mol. The lowest BCUT2D eigenvalue weighted by atomic mass is 9.84. The van der Waals surface area contributed by atoms with Gasteiger partial charge in [-0.2, -0.15) is 13.9 Å². The van der Waals surface area contributed by atoms with Gasteiger partial charge in [-0.25, -0.2) is 9.59 Å². The van der Waals surface area contributed by atoms with Crippen LogP contribution in [0.4, 0.5) is 13.6 Å². The second kappa shape index (κ2) is 7.34. The van der Waals surface area contributed by atoms with Gasteiger partial charge in [-0.1, -0.05) is 0 Å². The van der Waals surface area contributed by atoms with Crippen LogP contribution in [0.25, 0.3) is 10.9 Å². The van der Waals surface area contributed by atoms with Gasteiger partial charge in [-0.3, -0.25) is 4.68 Å². The number of hydrogen-bond acceptors (Lipinski definition) is 6. The van der Waals surface area contributed by atoms with Crippen molar-refractivity contribution in [3.63, 3.8) is 0 Å². The Balaban J connectivity index is 1.48. The lowest BCUT2D eigenvalue weighted by Crippen LogP contribution is -2.57. The van der Waals surface area contributed by atoms with Crippen molar-refractivity contribution in [3.8, 4) is 5.75 Å².